The molecule has 3 rings (SSSR count). The van der Waals surface area contributed by atoms with E-state index in [1.54, 1.807) is 18.5 Å². The van der Waals surface area contributed by atoms with Crippen LogP contribution in [0, 0.1) is 0 Å². The summed E-state index contributed by atoms with van der Waals surface area (Å²) >= 11 is 0. The molecule has 2 heterocycles. The molecule has 4 nitrogen and oxygen atoms in total. The Balaban J connectivity index is 1.47. The molecule has 136 valence electrons. The van der Waals surface area contributed by atoms with Crippen LogP contribution >= 0.6 is 0 Å². The molecule has 1 aromatic carbocycles. The van der Waals surface area contributed by atoms with Crippen molar-refractivity contribution in [3.05, 3.63) is 71.6 Å². The van der Waals surface area contributed by atoms with Crippen LogP contribution in [0.3, 0.4) is 0 Å². The van der Waals surface area contributed by atoms with E-state index in [9.17, 15) is 4.79 Å². The molecule has 0 N–H and O–H groups in total. The Morgan fingerprint density at radius 1 is 1.12 bits per heavy atom. The second-order valence-corrected chi connectivity index (χ2v) is 7.12. The molecule has 0 atom stereocenters. The van der Waals surface area contributed by atoms with Gasteiger partial charge in [0.15, 0.2) is 0 Å². The summed E-state index contributed by atoms with van der Waals surface area (Å²) in [6.45, 7) is 8.77. The van der Waals surface area contributed by atoms with Gasteiger partial charge in [-0.15, -0.1) is 0 Å². The smallest absolute Gasteiger partial charge is 0.246 e. The fraction of sp³-hybridized carbons (Fsp3) is 0.364. The highest BCUT2D eigenvalue weighted by Gasteiger charge is 2.19. The highest BCUT2D eigenvalue weighted by Crippen LogP contribution is 2.16. The van der Waals surface area contributed by atoms with E-state index < -0.39 is 0 Å². The molecule has 4 heteroatoms. The molecular formula is C22H27N3O. The molecule has 1 saturated heterocycles. The van der Waals surface area contributed by atoms with Crippen LogP contribution in [0.5, 0.6) is 0 Å². The summed E-state index contributed by atoms with van der Waals surface area (Å²) in [5.41, 5.74) is 3.67. The largest absolute Gasteiger partial charge is 0.337 e. The number of carbonyl (C=O) groups excluding carboxylic acids is 1. The Morgan fingerprint density at radius 2 is 1.85 bits per heavy atom. The van der Waals surface area contributed by atoms with Gasteiger partial charge in [0.05, 0.1) is 0 Å². The van der Waals surface area contributed by atoms with E-state index >= 15 is 0 Å². The number of benzene rings is 1. The van der Waals surface area contributed by atoms with Crippen LogP contribution in [0.2, 0.25) is 0 Å². The molecule has 0 saturated carbocycles. The number of pyridine rings is 1. The van der Waals surface area contributed by atoms with Crippen LogP contribution in [0.15, 0.2) is 54.9 Å². The second kappa shape index (κ2) is 8.77. The maximum absolute atomic E-state index is 12.3. The molecule has 1 aliphatic rings. The summed E-state index contributed by atoms with van der Waals surface area (Å²) < 4.78 is 0. The molecule has 1 fully saturated rings. The van der Waals surface area contributed by atoms with E-state index in [-0.39, 0.29) is 5.91 Å². The third-order valence-corrected chi connectivity index (χ3v) is 4.84. The summed E-state index contributed by atoms with van der Waals surface area (Å²) in [6, 6.07) is 12.7. The molecule has 26 heavy (non-hydrogen) atoms. The minimum Gasteiger partial charge on any atom is -0.337 e. The predicted octanol–water partition coefficient (Wildman–Crippen LogP) is 3.56. The van der Waals surface area contributed by atoms with E-state index in [1.165, 1.54) is 11.1 Å². The summed E-state index contributed by atoms with van der Waals surface area (Å²) in [6.07, 6.45) is 6.97. The lowest BCUT2D eigenvalue weighted by Gasteiger charge is -2.34. The van der Waals surface area contributed by atoms with Gasteiger partial charge < -0.3 is 4.90 Å². The number of hydrogen-bond donors (Lipinski definition) is 0. The molecule has 0 aliphatic carbocycles. The van der Waals surface area contributed by atoms with Crippen LogP contribution in [-0.4, -0.2) is 46.9 Å². The van der Waals surface area contributed by atoms with E-state index in [0.29, 0.717) is 5.92 Å². The van der Waals surface area contributed by atoms with Gasteiger partial charge in [-0.3, -0.25) is 14.7 Å². The summed E-state index contributed by atoms with van der Waals surface area (Å²) in [5, 5.41) is 0. The van der Waals surface area contributed by atoms with Crippen molar-refractivity contribution in [2.24, 2.45) is 0 Å². The quantitative estimate of drug-likeness (QED) is 0.775. The Hall–Kier alpha value is -2.46. The first-order chi connectivity index (χ1) is 12.6. The fourth-order valence-corrected chi connectivity index (χ4v) is 3.14. The van der Waals surface area contributed by atoms with Gasteiger partial charge >= 0.3 is 0 Å². The van der Waals surface area contributed by atoms with Crippen molar-refractivity contribution in [2.45, 2.75) is 26.3 Å². The van der Waals surface area contributed by atoms with E-state index in [4.69, 9.17) is 0 Å². The molecule has 1 aliphatic heterocycles. The summed E-state index contributed by atoms with van der Waals surface area (Å²) in [5.74, 6) is 0.646. The van der Waals surface area contributed by atoms with Crippen molar-refractivity contribution in [1.29, 1.82) is 0 Å². The number of amides is 1. The van der Waals surface area contributed by atoms with Crippen molar-refractivity contribution in [3.63, 3.8) is 0 Å². The van der Waals surface area contributed by atoms with Gasteiger partial charge in [0.25, 0.3) is 0 Å². The maximum Gasteiger partial charge on any atom is 0.246 e. The number of aromatic nitrogens is 1. The second-order valence-electron chi connectivity index (χ2n) is 7.12. The summed E-state index contributed by atoms with van der Waals surface area (Å²) in [4.78, 5) is 20.7. The van der Waals surface area contributed by atoms with Gasteiger partial charge in [0.1, 0.15) is 0 Å². The van der Waals surface area contributed by atoms with Crippen molar-refractivity contribution in [1.82, 2.24) is 14.8 Å². The highest BCUT2D eigenvalue weighted by atomic mass is 16.2. The standard InChI is InChI=1S/C22H27N3O/c1-18(2)21-8-5-20(6-9-21)17-24-12-14-25(15-13-24)22(26)10-7-19-4-3-11-23-16-19/h3-11,16,18H,12-15,17H2,1-2H3/b10-7+. The first kappa shape index (κ1) is 18.3. The van der Waals surface area contributed by atoms with Crippen molar-refractivity contribution in [3.8, 4) is 0 Å². The monoisotopic (exact) mass is 349 g/mol. The molecule has 0 spiro atoms. The number of rotatable bonds is 5. The number of nitrogens with zero attached hydrogens (tertiary/aromatic N) is 3. The highest BCUT2D eigenvalue weighted by molar-refractivity contribution is 5.91. The van der Waals surface area contributed by atoms with E-state index in [2.05, 4.69) is 48.0 Å². The molecular weight excluding hydrogens is 322 g/mol. The molecule has 0 unspecified atom stereocenters. The zero-order valence-electron chi connectivity index (χ0n) is 15.6. The number of piperazine rings is 1. The fourth-order valence-electron chi connectivity index (χ4n) is 3.14. The Labute approximate surface area is 156 Å². The number of hydrogen-bond acceptors (Lipinski definition) is 3. The van der Waals surface area contributed by atoms with E-state index in [1.807, 2.05) is 23.1 Å². The lowest BCUT2D eigenvalue weighted by Crippen LogP contribution is -2.47. The third kappa shape index (κ3) is 5.02. The average Bonchev–Trinajstić information content (AvgIpc) is 2.68. The number of carbonyl (C=O) groups is 1. The Kier molecular flexibility index (Phi) is 6.18. The normalized spacial score (nSPS) is 15.7. The van der Waals surface area contributed by atoms with Crippen LogP contribution in [-0.2, 0) is 11.3 Å². The Bertz CT molecular complexity index is 730. The van der Waals surface area contributed by atoms with Crippen molar-refractivity contribution in [2.75, 3.05) is 26.2 Å². The minimum absolute atomic E-state index is 0.0785. The van der Waals surface area contributed by atoms with Crippen LogP contribution in [0.25, 0.3) is 6.08 Å². The zero-order chi connectivity index (χ0) is 18.4. The van der Waals surface area contributed by atoms with Crippen molar-refractivity contribution < 1.29 is 4.79 Å². The molecule has 0 radical (unpaired) electrons. The van der Waals surface area contributed by atoms with Crippen LogP contribution in [0.4, 0.5) is 0 Å². The van der Waals surface area contributed by atoms with Crippen LogP contribution < -0.4 is 0 Å². The third-order valence-electron chi connectivity index (χ3n) is 4.84. The predicted molar refractivity (Wildman–Crippen MR) is 106 cm³/mol. The molecule has 0 bridgehead atoms. The Morgan fingerprint density at radius 3 is 2.46 bits per heavy atom. The lowest BCUT2D eigenvalue weighted by atomic mass is 10.0. The van der Waals surface area contributed by atoms with Gasteiger partial charge in [0.2, 0.25) is 5.91 Å². The molecule has 1 aromatic heterocycles. The zero-order valence-corrected chi connectivity index (χ0v) is 15.6. The summed E-state index contributed by atoms with van der Waals surface area (Å²) in [7, 11) is 0. The minimum atomic E-state index is 0.0785. The molecule has 1 amide bonds. The van der Waals surface area contributed by atoms with Gasteiger partial charge in [0, 0.05) is 51.2 Å². The van der Waals surface area contributed by atoms with Crippen molar-refractivity contribution >= 4 is 12.0 Å². The first-order valence-corrected chi connectivity index (χ1v) is 9.30. The lowest BCUT2D eigenvalue weighted by molar-refractivity contribution is -0.127. The average molecular weight is 349 g/mol. The van der Waals surface area contributed by atoms with Gasteiger partial charge in [-0.1, -0.05) is 44.2 Å². The van der Waals surface area contributed by atoms with Gasteiger partial charge in [-0.25, -0.2) is 0 Å². The SMILES string of the molecule is CC(C)c1ccc(CN2CCN(C(=O)/C=C/c3cccnc3)CC2)cc1. The first-order valence-electron chi connectivity index (χ1n) is 9.30. The van der Waals surface area contributed by atoms with Gasteiger partial charge in [-0.05, 0) is 34.8 Å². The van der Waals surface area contributed by atoms with Gasteiger partial charge in [-0.2, -0.15) is 0 Å². The van der Waals surface area contributed by atoms with E-state index in [0.717, 1.165) is 38.3 Å². The van der Waals surface area contributed by atoms with Crippen LogP contribution in [0.1, 0.15) is 36.5 Å². The topological polar surface area (TPSA) is 36.4 Å². The maximum atomic E-state index is 12.3. The molecule has 2 aromatic rings.